The average Bonchev–Trinajstić information content (AvgIpc) is 4.07. The number of fused-ring (bicyclic) bond motifs is 2. The molecule has 0 aliphatic heterocycles. The Morgan fingerprint density at radius 1 is 0.766 bits per heavy atom. The van der Waals surface area contributed by atoms with E-state index < -0.39 is 20.2 Å². The zero-order valence-corrected chi connectivity index (χ0v) is 49.5. The first kappa shape index (κ1) is 66.8. The van der Waals surface area contributed by atoms with Crippen LogP contribution in [0, 0.1) is 39.0 Å². The molecule has 77 heavy (non-hydrogen) atoms. The number of rotatable bonds is 16. The normalized spacial score (nSPS) is 11.2. The Hall–Kier alpha value is -4.45. The van der Waals surface area contributed by atoms with Crippen LogP contribution in [-0.2, 0) is 55.3 Å². The van der Waals surface area contributed by atoms with Crippen LogP contribution >= 0.6 is 34.7 Å². The number of aryl methyl sites for hydroxylation is 8. The summed E-state index contributed by atoms with van der Waals surface area (Å²) in [5, 5.41) is 43.4. The Bertz CT molecular complexity index is 3620. The Kier molecular flexibility index (Phi) is 25.3. The molecule has 0 unspecified atom stereocenters. The molecule has 0 radical (unpaired) electrons. The van der Waals surface area contributed by atoms with E-state index in [0.717, 1.165) is 74.3 Å². The SMILES string of the molecule is CC.CCc1cc(C)cc(CC)c1Nc1nc(N(c2nc3ccc(S(=O)(=O)[O-])cc3s2)c2c(CC)cc(C)cc2CC)cc(C)c1N=Nc1c(C#N)c(C)nn1-c1nc2ccc(SOO[O-])cc2s1.CS(=O)(=O)[O-].[Li+].[Li+].[Li+]. The molecule has 1 N–H and O–H groups in total. The van der Waals surface area contributed by atoms with E-state index in [2.05, 4.69) is 91.7 Å². The van der Waals surface area contributed by atoms with Crippen molar-refractivity contribution in [3.8, 4) is 11.2 Å². The molecule has 19 nitrogen and oxygen atoms in total. The molecule has 0 aliphatic carbocycles. The number of nitriles is 1. The molecular weight excluding hydrogens is 1070 g/mol. The van der Waals surface area contributed by atoms with Gasteiger partial charge in [0.1, 0.15) is 33.3 Å². The largest absolute Gasteiger partial charge is 1.00 e. The maximum atomic E-state index is 12.1. The summed E-state index contributed by atoms with van der Waals surface area (Å²) in [5.41, 5.74) is 11.2. The van der Waals surface area contributed by atoms with Gasteiger partial charge in [0.2, 0.25) is 5.13 Å². The zero-order valence-electron chi connectivity index (χ0n) is 45.4. The molecule has 0 saturated heterocycles. The minimum absolute atomic E-state index is 0. The second kappa shape index (κ2) is 29.1. The van der Waals surface area contributed by atoms with Crippen molar-refractivity contribution in [1.29, 1.82) is 5.26 Å². The maximum absolute atomic E-state index is 12.1. The number of anilines is 5. The number of azo groups is 1. The minimum atomic E-state index is -4.72. The van der Waals surface area contributed by atoms with Crippen LogP contribution in [0.1, 0.15) is 91.7 Å². The van der Waals surface area contributed by atoms with Gasteiger partial charge in [0.15, 0.2) is 16.8 Å². The molecule has 8 rings (SSSR count). The van der Waals surface area contributed by atoms with Gasteiger partial charge in [0, 0.05) is 16.8 Å². The van der Waals surface area contributed by atoms with Gasteiger partial charge in [-0.3, -0.25) is 9.94 Å². The summed E-state index contributed by atoms with van der Waals surface area (Å²) in [7, 11) is -8.64. The fraction of sp³-hybridized carbons (Fsp3) is 0.300. The van der Waals surface area contributed by atoms with E-state index in [1.807, 2.05) is 31.7 Å². The Labute approximate surface area is 497 Å². The van der Waals surface area contributed by atoms with E-state index in [9.17, 15) is 23.5 Å². The summed E-state index contributed by atoms with van der Waals surface area (Å²) in [6.07, 6.45) is 3.46. The monoisotopic (exact) mass is 1120 g/mol. The second-order valence-corrected chi connectivity index (χ2v) is 22.0. The van der Waals surface area contributed by atoms with Crippen molar-refractivity contribution in [2.24, 2.45) is 10.2 Å². The van der Waals surface area contributed by atoms with Crippen molar-refractivity contribution in [1.82, 2.24) is 24.7 Å². The van der Waals surface area contributed by atoms with Gasteiger partial charge >= 0.3 is 56.6 Å². The fourth-order valence-corrected chi connectivity index (χ4v) is 11.0. The summed E-state index contributed by atoms with van der Waals surface area (Å²) in [6, 6.07) is 22.3. The van der Waals surface area contributed by atoms with Crippen LogP contribution < -0.4 is 72.1 Å². The summed E-state index contributed by atoms with van der Waals surface area (Å²) in [6.45, 7) is 20.2. The van der Waals surface area contributed by atoms with E-state index >= 15 is 0 Å². The van der Waals surface area contributed by atoms with Crippen molar-refractivity contribution in [3.05, 3.63) is 117 Å². The smallest absolute Gasteiger partial charge is 0.748 e. The Morgan fingerprint density at radius 2 is 1.31 bits per heavy atom. The van der Waals surface area contributed by atoms with Gasteiger partial charge in [-0.1, -0.05) is 99.6 Å². The van der Waals surface area contributed by atoms with E-state index in [1.165, 1.54) is 39.5 Å². The molecule has 0 saturated carbocycles. The van der Waals surface area contributed by atoms with Crippen molar-refractivity contribution in [2.45, 2.75) is 105 Å². The van der Waals surface area contributed by atoms with Crippen LogP contribution in [0.4, 0.5) is 39.6 Å². The van der Waals surface area contributed by atoms with Crippen LogP contribution in [-0.4, -0.2) is 56.9 Å². The summed E-state index contributed by atoms with van der Waals surface area (Å²) in [5.74, 6) is 1.06. The minimum Gasteiger partial charge on any atom is -0.748 e. The number of hydrogen-bond acceptors (Lipinski definition) is 21. The third-order valence-corrected chi connectivity index (χ3v) is 14.6. The second-order valence-electron chi connectivity index (χ2n) is 16.4. The predicted molar refractivity (Wildman–Crippen MR) is 287 cm³/mol. The third kappa shape index (κ3) is 16.1. The van der Waals surface area contributed by atoms with Crippen molar-refractivity contribution >= 4 is 115 Å². The summed E-state index contributed by atoms with van der Waals surface area (Å²) >= 11 is 3.33. The zero-order chi connectivity index (χ0) is 54.2. The number of aromatic nitrogens is 5. The van der Waals surface area contributed by atoms with Crippen LogP contribution in [0.15, 0.2) is 86.7 Å². The molecule has 0 atom stereocenters. The number of nitrogens with one attached hydrogen (secondary N) is 1. The number of pyridine rings is 1. The van der Waals surface area contributed by atoms with Crippen molar-refractivity contribution in [2.75, 3.05) is 16.5 Å². The quantitative estimate of drug-likeness (QED) is 0.0364. The first-order valence-electron chi connectivity index (χ1n) is 23.2. The number of benzene rings is 4. The first-order chi connectivity index (χ1) is 35.2. The molecule has 8 aromatic rings. The molecule has 390 valence electrons. The molecular formula is C50H53Li3N10O9S5. The van der Waals surface area contributed by atoms with Gasteiger partial charge < -0.3 is 19.7 Å². The molecule has 0 amide bonds. The van der Waals surface area contributed by atoms with Gasteiger partial charge in [-0.25, -0.2) is 31.8 Å². The standard InChI is InChI=1S/C47H46N10O6S4.C2H6.CH4O3S.3Li/c1-9-29-17-25(5)18-30(10-2)42(29)52-44-41(53-54-45-35(24-48)28(8)55-57(45)47-50-36-15-13-33(66-63-62-58)22-38(36)65-47)27(7)21-40(51-44)56(43-31(11-3)19-26(6)20-32(43)12-4)46-49-37-16-14-34(67(59,60)61)23-39(37)64-46;1-2;1-5(2,3)4;;;/h13-23,58H,9-12H2,1-8H3,(H,51,52)(H,59,60,61);1-2H3;1H3,(H,2,3,4);;;/q;;;3*+1/p-3. The van der Waals surface area contributed by atoms with Crippen molar-refractivity contribution < 1.29 is 97.2 Å². The van der Waals surface area contributed by atoms with Crippen LogP contribution in [0.2, 0.25) is 0 Å². The fourth-order valence-electron chi connectivity index (χ4n) is 8.03. The van der Waals surface area contributed by atoms with Gasteiger partial charge in [0.05, 0.1) is 58.9 Å². The van der Waals surface area contributed by atoms with Crippen LogP contribution in [0.5, 0.6) is 0 Å². The number of hydrogen-bond donors (Lipinski definition) is 1. The van der Waals surface area contributed by atoms with Gasteiger partial charge in [-0.2, -0.15) is 19.4 Å². The molecule has 0 spiro atoms. The van der Waals surface area contributed by atoms with Crippen molar-refractivity contribution in [3.63, 3.8) is 0 Å². The van der Waals surface area contributed by atoms with Gasteiger partial charge in [-0.15, -0.1) is 10.2 Å². The maximum Gasteiger partial charge on any atom is 1.00 e. The molecule has 0 fully saturated rings. The molecule has 27 heteroatoms. The van der Waals surface area contributed by atoms with E-state index in [0.29, 0.717) is 78.6 Å². The van der Waals surface area contributed by atoms with E-state index in [-0.39, 0.29) is 72.9 Å². The van der Waals surface area contributed by atoms with Crippen LogP contribution in [0.25, 0.3) is 25.6 Å². The Balaban J connectivity index is 0.00000148. The molecule has 4 heterocycles. The molecule has 4 aromatic carbocycles. The van der Waals surface area contributed by atoms with Gasteiger partial charge in [0.25, 0.3) is 0 Å². The molecule has 4 aromatic heterocycles. The topological polar surface area (TPSA) is 276 Å². The first-order valence-corrected chi connectivity index (χ1v) is 28.8. The average molecular weight is 1120 g/mol. The Morgan fingerprint density at radius 3 is 1.86 bits per heavy atom. The summed E-state index contributed by atoms with van der Waals surface area (Å²) < 4.78 is 70.9. The third-order valence-electron chi connectivity index (χ3n) is 11.2. The summed E-state index contributed by atoms with van der Waals surface area (Å²) in [4.78, 5) is 17.5. The molecule has 0 bridgehead atoms. The molecule has 0 aliphatic rings. The van der Waals surface area contributed by atoms with Gasteiger partial charge in [-0.05, 0) is 124 Å². The van der Waals surface area contributed by atoms with E-state index in [4.69, 9.17) is 38.2 Å². The predicted octanol–water partition coefficient (Wildman–Crippen LogP) is 2.80. The van der Waals surface area contributed by atoms with E-state index in [1.54, 1.807) is 31.2 Å². The van der Waals surface area contributed by atoms with Crippen LogP contribution in [0.3, 0.4) is 0 Å². The number of nitrogens with zero attached hydrogens (tertiary/aromatic N) is 9. The number of thiazole rings is 2.